The van der Waals surface area contributed by atoms with Gasteiger partial charge in [-0.05, 0) is 0 Å². The molecule has 0 saturated heterocycles. The van der Waals surface area contributed by atoms with Gasteiger partial charge in [-0.25, -0.2) is 0 Å². The van der Waals surface area contributed by atoms with Crippen LogP contribution < -0.4 is 5.32 Å². The normalized spacial score (nSPS) is 16.8. The lowest BCUT2D eigenvalue weighted by molar-refractivity contribution is -0.137. The molecule has 1 unspecified atom stereocenters. The van der Waals surface area contributed by atoms with Crippen molar-refractivity contribution in [1.82, 2.24) is 10.2 Å². The molecule has 0 aromatic rings. The van der Waals surface area contributed by atoms with E-state index in [1.165, 1.54) is 12.2 Å². The van der Waals surface area contributed by atoms with Crippen LogP contribution in [-0.2, 0) is 14.4 Å². The molecule has 88 valence electrons. The molecule has 0 aromatic carbocycles. The van der Waals surface area contributed by atoms with Gasteiger partial charge in [0.05, 0.1) is 0 Å². The third kappa shape index (κ3) is 3.69. The van der Waals surface area contributed by atoms with Gasteiger partial charge in [0.2, 0.25) is 5.91 Å². The first kappa shape index (κ1) is 12.8. The van der Waals surface area contributed by atoms with Gasteiger partial charge in [0.1, 0.15) is 0 Å². The van der Waals surface area contributed by atoms with E-state index in [9.17, 15) is 14.4 Å². The Hall–Kier alpha value is -1.30. The van der Waals surface area contributed by atoms with Crippen molar-refractivity contribution in [3.63, 3.8) is 0 Å². The molecule has 1 aliphatic heterocycles. The van der Waals surface area contributed by atoms with E-state index < -0.39 is 0 Å². The van der Waals surface area contributed by atoms with Crippen LogP contribution in [0.3, 0.4) is 0 Å². The second-order valence-electron chi connectivity index (χ2n) is 3.56. The summed E-state index contributed by atoms with van der Waals surface area (Å²) < 4.78 is 0. The third-order valence-corrected chi connectivity index (χ3v) is 2.24. The van der Waals surface area contributed by atoms with Gasteiger partial charge >= 0.3 is 0 Å². The van der Waals surface area contributed by atoms with Crippen molar-refractivity contribution in [1.29, 1.82) is 0 Å². The largest absolute Gasteiger partial charge is 0.355 e. The maximum absolute atomic E-state index is 11.3. The number of amides is 3. The minimum Gasteiger partial charge on any atom is -0.355 e. The molecular weight excluding hydrogens is 228 g/mol. The molecule has 0 bridgehead atoms. The van der Waals surface area contributed by atoms with E-state index in [-0.39, 0.29) is 35.9 Å². The van der Waals surface area contributed by atoms with Crippen molar-refractivity contribution < 1.29 is 14.4 Å². The molecule has 0 saturated carbocycles. The van der Waals surface area contributed by atoms with Gasteiger partial charge in [0, 0.05) is 36.9 Å². The van der Waals surface area contributed by atoms with Gasteiger partial charge in [0.25, 0.3) is 11.8 Å². The van der Waals surface area contributed by atoms with Crippen LogP contribution in [0.4, 0.5) is 0 Å². The standard InChI is InChI=1S/C10H14N2O3S/c1-7(16)6-11-8(13)4-5-12-9(14)2-3-10(12)15/h2-3,7,16H,4-6H2,1H3,(H,11,13). The van der Waals surface area contributed by atoms with Crippen LogP contribution in [0.15, 0.2) is 12.2 Å². The fourth-order valence-corrected chi connectivity index (χ4v) is 1.31. The van der Waals surface area contributed by atoms with Gasteiger partial charge in [-0.1, -0.05) is 6.92 Å². The maximum atomic E-state index is 11.3. The fourth-order valence-electron chi connectivity index (χ4n) is 1.21. The summed E-state index contributed by atoms with van der Waals surface area (Å²) >= 11 is 4.11. The molecule has 16 heavy (non-hydrogen) atoms. The van der Waals surface area contributed by atoms with Crippen LogP contribution in [0.1, 0.15) is 13.3 Å². The van der Waals surface area contributed by atoms with Gasteiger partial charge in [0.15, 0.2) is 0 Å². The highest BCUT2D eigenvalue weighted by molar-refractivity contribution is 7.80. The lowest BCUT2D eigenvalue weighted by Gasteiger charge is -2.13. The molecule has 0 spiro atoms. The molecule has 1 N–H and O–H groups in total. The van der Waals surface area contributed by atoms with Gasteiger partial charge in [-0.3, -0.25) is 19.3 Å². The van der Waals surface area contributed by atoms with Crippen molar-refractivity contribution >= 4 is 30.4 Å². The Balaban J connectivity index is 2.27. The van der Waals surface area contributed by atoms with Crippen molar-refractivity contribution in [2.45, 2.75) is 18.6 Å². The van der Waals surface area contributed by atoms with Crippen molar-refractivity contribution in [2.24, 2.45) is 0 Å². The topological polar surface area (TPSA) is 66.5 Å². The first-order valence-corrected chi connectivity index (χ1v) is 5.50. The quantitative estimate of drug-likeness (QED) is 0.515. The third-order valence-electron chi connectivity index (χ3n) is 2.06. The van der Waals surface area contributed by atoms with Crippen LogP contribution in [0.5, 0.6) is 0 Å². The Morgan fingerprint density at radius 2 is 2.00 bits per heavy atom. The highest BCUT2D eigenvalue weighted by Crippen LogP contribution is 2.03. The zero-order valence-corrected chi connectivity index (χ0v) is 9.87. The number of carbonyl (C=O) groups excluding carboxylic acids is 3. The number of hydrogen-bond donors (Lipinski definition) is 2. The van der Waals surface area contributed by atoms with Gasteiger partial charge in [-0.15, -0.1) is 0 Å². The average Bonchev–Trinajstić information content (AvgIpc) is 2.53. The molecular formula is C10H14N2O3S. The number of nitrogens with zero attached hydrogens (tertiary/aromatic N) is 1. The lowest BCUT2D eigenvalue weighted by Crippen LogP contribution is -2.35. The van der Waals surface area contributed by atoms with Gasteiger partial charge in [-0.2, -0.15) is 12.6 Å². The molecule has 1 heterocycles. The van der Waals surface area contributed by atoms with Crippen LogP contribution in [0, 0.1) is 0 Å². The first-order chi connectivity index (χ1) is 7.50. The average molecular weight is 242 g/mol. The SMILES string of the molecule is CC(S)CNC(=O)CCN1C(=O)C=CC1=O. The van der Waals surface area contributed by atoms with Crippen molar-refractivity contribution in [3.05, 3.63) is 12.2 Å². The molecule has 1 rings (SSSR count). The minimum absolute atomic E-state index is 0.0840. The second-order valence-corrected chi connectivity index (χ2v) is 4.45. The molecule has 0 aromatic heterocycles. The highest BCUT2D eigenvalue weighted by atomic mass is 32.1. The van der Waals surface area contributed by atoms with E-state index in [1.807, 2.05) is 6.92 Å². The number of nitrogens with one attached hydrogen (secondary N) is 1. The molecule has 0 aliphatic carbocycles. The van der Waals surface area contributed by atoms with E-state index >= 15 is 0 Å². The van der Waals surface area contributed by atoms with Crippen LogP contribution >= 0.6 is 12.6 Å². The molecule has 1 atom stereocenters. The van der Waals surface area contributed by atoms with Crippen molar-refractivity contribution in [3.8, 4) is 0 Å². The Morgan fingerprint density at radius 1 is 1.44 bits per heavy atom. The molecule has 0 fully saturated rings. The van der Waals surface area contributed by atoms with Crippen LogP contribution in [0.2, 0.25) is 0 Å². The zero-order chi connectivity index (χ0) is 12.1. The van der Waals surface area contributed by atoms with E-state index in [0.717, 1.165) is 4.90 Å². The molecule has 6 heteroatoms. The summed E-state index contributed by atoms with van der Waals surface area (Å²) in [6.45, 7) is 2.46. The summed E-state index contributed by atoms with van der Waals surface area (Å²) in [6.07, 6.45) is 2.53. The number of carbonyl (C=O) groups is 3. The second kappa shape index (κ2) is 5.69. The van der Waals surface area contributed by atoms with Gasteiger partial charge < -0.3 is 5.32 Å². The summed E-state index contributed by atoms with van der Waals surface area (Å²) in [7, 11) is 0. The number of hydrogen-bond acceptors (Lipinski definition) is 4. The van der Waals surface area contributed by atoms with E-state index in [1.54, 1.807) is 0 Å². The number of rotatable bonds is 5. The Labute approximate surface area is 99.3 Å². The van der Waals surface area contributed by atoms with E-state index in [0.29, 0.717) is 6.54 Å². The molecule has 3 amide bonds. The molecule has 0 radical (unpaired) electrons. The highest BCUT2D eigenvalue weighted by Gasteiger charge is 2.23. The van der Waals surface area contributed by atoms with Crippen LogP contribution in [0.25, 0.3) is 0 Å². The Bertz CT molecular complexity index is 321. The lowest BCUT2D eigenvalue weighted by atomic mass is 10.3. The summed E-state index contributed by atoms with van der Waals surface area (Å²) in [5.74, 6) is -0.908. The number of thiol groups is 1. The molecule has 1 aliphatic rings. The summed E-state index contributed by atoms with van der Waals surface area (Å²) in [4.78, 5) is 34.6. The van der Waals surface area contributed by atoms with Crippen molar-refractivity contribution in [2.75, 3.05) is 13.1 Å². The van der Waals surface area contributed by atoms with E-state index in [2.05, 4.69) is 17.9 Å². The fraction of sp³-hybridized carbons (Fsp3) is 0.500. The summed E-state index contributed by atoms with van der Waals surface area (Å²) in [5.41, 5.74) is 0. The smallest absolute Gasteiger partial charge is 0.253 e. The summed E-state index contributed by atoms with van der Waals surface area (Å²) in [5, 5.41) is 2.73. The zero-order valence-electron chi connectivity index (χ0n) is 8.97. The Morgan fingerprint density at radius 3 is 2.50 bits per heavy atom. The maximum Gasteiger partial charge on any atom is 0.253 e. The van der Waals surface area contributed by atoms with Crippen LogP contribution in [-0.4, -0.2) is 41.0 Å². The molecule has 5 nitrogen and oxygen atoms in total. The summed E-state index contributed by atoms with van der Waals surface area (Å²) in [6, 6.07) is 0. The van der Waals surface area contributed by atoms with E-state index in [4.69, 9.17) is 0 Å². The first-order valence-electron chi connectivity index (χ1n) is 4.99. The monoisotopic (exact) mass is 242 g/mol. The minimum atomic E-state index is -0.361. The predicted octanol–water partition coefficient (Wildman–Crippen LogP) is -0.264. The number of imide groups is 1. The predicted molar refractivity (Wildman–Crippen MR) is 61.9 cm³/mol. The Kier molecular flexibility index (Phi) is 4.54.